The highest BCUT2D eigenvalue weighted by atomic mass is 32.2. The van der Waals surface area contributed by atoms with Crippen molar-refractivity contribution in [2.75, 3.05) is 39.3 Å². The van der Waals surface area contributed by atoms with Crippen LogP contribution in [0.15, 0.2) is 35.2 Å². The lowest BCUT2D eigenvalue weighted by atomic mass is 9.86. The summed E-state index contributed by atoms with van der Waals surface area (Å²) in [7, 11) is -3.69. The van der Waals surface area contributed by atoms with Gasteiger partial charge in [0.25, 0.3) is 0 Å². The van der Waals surface area contributed by atoms with Gasteiger partial charge in [0.2, 0.25) is 21.8 Å². The van der Waals surface area contributed by atoms with Crippen molar-refractivity contribution in [3.8, 4) is 0 Å². The van der Waals surface area contributed by atoms with Gasteiger partial charge in [-0.3, -0.25) is 9.59 Å². The number of hydrogen-bond donors (Lipinski definition) is 0. The number of carbonyl (C=O) groups excluding carboxylic acids is 2. The average Bonchev–Trinajstić information content (AvgIpc) is 2.85. The molecule has 1 spiro atoms. The van der Waals surface area contributed by atoms with Gasteiger partial charge in [-0.1, -0.05) is 32.0 Å². The van der Waals surface area contributed by atoms with Crippen molar-refractivity contribution in [3.05, 3.63) is 30.3 Å². The number of amides is 2. The van der Waals surface area contributed by atoms with Crippen molar-refractivity contribution < 1.29 is 18.0 Å². The fourth-order valence-electron chi connectivity index (χ4n) is 4.20. The SMILES string of the molecule is CCN1CC2(CC1=O)CN(C(=O)C(C)C)CCN(S(=O)(=O)c1ccccc1)C2. The molecule has 2 saturated heterocycles. The van der Waals surface area contributed by atoms with Crippen molar-refractivity contribution in [1.29, 1.82) is 0 Å². The molecule has 0 aromatic heterocycles. The molecule has 2 heterocycles. The molecule has 2 amide bonds. The van der Waals surface area contributed by atoms with E-state index in [9.17, 15) is 18.0 Å². The Morgan fingerprint density at radius 1 is 1.11 bits per heavy atom. The zero-order chi connectivity index (χ0) is 20.5. The smallest absolute Gasteiger partial charge is 0.243 e. The Kier molecular flexibility index (Phi) is 5.82. The highest BCUT2D eigenvalue weighted by Gasteiger charge is 2.48. The van der Waals surface area contributed by atoms with Gasteiger partial charge in [-0.15, -0.1) is 0 Å². The van der Waals surface area contributed by atoms with E-state index >= 15 is 0 Å². The standard InChI is InChI=1S/C20H29N3O4S/c1-4-21-13-20(12-18(21)24)14-22(19(25)16(2)3)10-11-23(15-20)28(26,27)17-8-6-5-7-9-17/h5-9,16H,4,10-15H2,1-3H3. The van der Waals surface area contributed by atoms with E-state index in [-0.39, 0.29) is 42.1 Å². The number of sulfonamides is 1. The van der Waals surface area contributed by atoms with E-state index in [0.29, 0.717) is 26.2 Å². The van der Waals surface area contributed by atoms with Gasteiger partial charge in [-0.2, -0.15) is 4.31 Å². The summed E-state index contributed by atoms with van der Waals surface area (Å²) < 4.78 is 28.0. The molecule has 1 aromatic carbocycles. The maximum absolute atomic E-state index is 13.2. The van der Waals surface area contributed by atoms with E-state index in [2.05, 4.69) is 0 Å². The predicted molar refractivity (Wildman–Crippen MR) is 106 cm³/mol. The number of nitrogens with zero attached hydrogens (tertiary/aromatic N) is 3. The molecule has 3 rings (SSSR count). The maximum atomic E-state index is 13.2. The second-order valence-electron chi connectivity index (χ2n) is 8.15. The van der Waals surface area contributed by atoms with Crippen LogP contribution < -0.4 is 0 Å². The summed E-state index contributed by atoms with van der Waals surface area (Å²) >= 11 is 0. The van der Waals surface area contributed by atoms with E-state index in [0.717, 1.165) is 0 Å². The first-order valence-corrected chi connectivity index (χ1v) is 11.2. The second-order valence-corrected chi connectivity index (χ2v) is 10.1. The molecule has 0 saturated carbocycles. The number of hydrogen-bond acceptors (Lipinski definition) is 4. The molecule has 154 valence electrons. The Morgan fingerprint density at radius 2 is 1.79 bits per heavy atom. The second kappa shape index (κ2) is 7.83. The summed E-state index contributed by atoms with van der Waals surface area (Å²) in [6, 6.07) is 8.35. The summed E-state index contributed by atoms with van der Waals surface area (Å²) in [6.07, 6.45) is 0.267. The van der Waals surface area contributed by atoms with Gasteiger partial charge in [0, 0.05) is 57.0 Å². The summed E-state index contributed by atoms with van der Waals surface area (Å²) in [5.41, 5.74) is -0.573. The summed E-state index contributed by atoms with van der Waals surface area (Å²) in [5, 5.41) is 0. The van der Waals surface area contributed by atoms with Crippen LogP contribution in [0.5, 0.6) is 0 Å². The summed E-state index contributed by atoms with van der Waals surface area (Å²) in [6.45, 7) is 7.90. The minimum absolute atomic E-state index is 0.000677. The van der Waals surface area contributed by atoms with Crippen LogP contribution in [-0.4, -0.2) is 73.6 Å². The molecule has 1 unspecified atom stereocenters. The van der Waals surface area contributed by atoms with Crippen molar-refractivity contribution in [2.24, 2.45) is 11.3 Å². The minimum atomic E-state index is -3.69. The highest BCUT2D eigenvalue weighted by molar-refractivity contribution is 7.89. The van der Waals surface area contributed by atoms with E-state index in [1.165, 1.54) is 4.31 Å². The predicted octanol–water partition coefficient (Wildman–Crippen LogP) is 1.41. The monoisotopic (exact) mass is 407 g/mol. The molecular weight excluding hydrogens is 378 g/mol. The Balaban J connectivity index is 1.96. The first-order valence-electron chi connectivity index (χ1n) is 9.80. The van der Waals surface area contributed by atoms with Crippen LogP contribution in [0.25, 0.3) is 0 Å². The van der Waals surface area contributed by atoms with Crippen molar-refractivity contribution in [2.45, 2.75) is 32.1 Å². The molecule has 0 bridgehead atoms. The van der Waals surface area contributed by atoms with Crippen LogP contribution in [0, 0.1) is 11.3 Å². The van der Waals surface area contributed by atoms with Crippen LogP contribution in [0.1, 0.15) is 27.2 Å². The third-order valence-corrected chi connectivity index (χ3v) is 7.49. The fourth-order valence-corrected chi connectivity index (χ4v) is 5.77. The Hall–Kier alpha value is -1.93. The fraction of sp³-hybridized carbons (Fsp3) is 0.600. The van der Waals surface area contributed by atoms with Gasteiger partial charge in [0.1, 0.15) is 0 Å². The van der Waals surface area contributed by atoms with E-state index < -0.39 is 15.4 Å². The molecule has 2 aliphatic rings. The van der Waals surface area contributed by atoms with Crippen LogP contribution in [0.2, 0.25) is 0 Å². The molecule has 2 fully saturated rings. The van der Waals surface area contributed by atoms with Crippen LogP contribution in [0.4, 0.5) is 0 Å². The van der Waals surface area contributed by atoms with Crippen molar-refractivity contribution in [3.63, 3.8) is 0 Å². The third kappa shape index (κ3) is 3.93. The average molecular weight is 408 g/mol. The van der Waals surface area contributed by atoms with E-state index in [1.54, 1.807) is 40.1 Å². The van der Waals surface area contributed by atoms with Gasteiger partial charge < -0.3 is 9.80 Å². The van der Waals surface area contributed by atoms with Crippen LogP contribution >= 0.6 is 0 Å². The number of rotatable bonds is 4. The molecule has 8 heteroatoms. The number of likely N-dealkylation sites (tertiary alicyclic amines) is 1. The van der Waals surface area contributed by atoms with Gasteiger partial charge in [0.05, 0.1) is 4.90 Å². The highest BCUT2D eigenvalue weighted by Crippen LogP contribution is 2.36. The summed E-state index contributed by atoms with van der Waals surface area (Å²) in [5.74, 6) is -0.146. The molecule has 2 aliphatic heterocycles. The maximum Gasteiger partial charge on any atom is 0.243 e. The van der Waals surface area contributed by atoms with Gasteiger partial charge in [-0.25, -0.2) is 8.42 Å². The third-order valence-electron chi connectivity index (χ3n) is 5.63. The zero-order valence-corrected chi connectivity index (χ0v) is 17.6. The van der Waals surface area contributed by atoms with Gasteiger partial charge in [-0.05, 0) is 19.1 Å². The Bertz CT molecular complexity index is 840. The molecular formula is C20H29N3O4S. The Morgan fingerprint density at radius 3 is 2.36 bits per heavy atom. The van der Waals surface area contributed by atoms with Gasteiger partial charge in [0.15, 0.2) is 0 Å². The first kappa shape index (κ1) is 20.8. The number of carbonyl (C=O) groups is 2. The van der Waals surface area contributed by atoms with Crippen LogP contribution in [0.3, 0.4) is 0 Å². The molecule has 7 nitrogen and oxygen atoms in total. The molecule has 0 radical (unpaired) electrons. The minimum Gasteiger partial charge on any atom is -0.342 e. The molecule has 0 aliphatic carbocycles. The molecule has 1 aromatic rings. The largest absolute Gasteiger partial charge is 0.342 e. The van der Waals surface area contributed by atoms with Gasteiger partial charge >= 0.3 is 0 Å². The van der Waals surface area contributed by atoms with Crippen molar-refractivity contribution >= 4 is 21.8 Å². The topological polar surface area (TPSA) is 78.0 Å². The van der Waals surface area contributed by atoms with E-state index in [1.807, 2.05) is 20.8 Å². The molecule has 0 N–H and O–H groups in total. The lowest BCUT2D eigenvalue weighted by Crippen LogP contribution is -2.46. The van der Waals surface area contributed by atoms with E-state index in [4.69, 9.17) is 0 Å². The van der Waals surface area contributed by atoms with Crippen molar-refractivity contribution in [1.82, 2.24) is 14.1 Å². The normalized spacial score (nSPS) is 24.2. The lowest BCUT2D eigenvalue weighted by molar-refractivity contribution is -0.135. The molecule has 28 heavy (non-hydrogen) atoms. The first-order chi connectivity index (χ1) is 13.2. The quantitative estimate of drug-likeness (QED) is 0.756. The lowest BCUT2D eigenvalue weighted by Gasteiger charge is -2.34. The zero-order valence-electron chi connectivity index (χ0n) is 16.8. The molecule has 1 atom stereocenters. The van der Waals surface area contributed by atoms with Crippen LogP contribution in [-0.2, 0) is 19.6 Å². The Labute approximate surface area is 167 Å². The number of benzene rings is 1. The summed E-state index contributed by atoms with van der Waals surface area (Å²) in [4.78, 5) is 28.9.